The molecule has 236 valence electrons. The second-order valence-corrected chi connectivity index (χ2v) is 13.2. The van der Waals surface area contributed by atoms with E-state index in [1.165, 1.54) is 43.8 Å². The van der Waals surface area contributed by atoms with Crippen molar-refractivity contribution in [2.75, 3.05) is 0 Å². The average Bonchev–Trinajstić information content (AvgIpc) is 3.71. The summed E-state index contributed by atoms with van der Waals surface area (Å²) < 4.78 is 2.37. The highest BCUT2D eigenvalue weighted by Crippen LogP contribution is 2.48. The fourth-order valence-electron chi connectivity index (χ4n) is 8.05. The molecule has 2 heterocycles. The Morgan fingerprint density at radius 3 is 1.63 bits per heavy atom. The van der Waals surface area contributed by atoms with Crippen LogP contribution in [0.4, 0.5) is 0 Å². The molecule has 4 nitrogen and oxygen atoms in total. The van der Waals surface area contributed by atoms with E-state index in [0.29, 0.717) is 17.5 Å². The number of para-hydroxylation sites is 2. The minimum Gasteiger partial charge on any atom is -0.308 e. The van der Waals surface area contributed by atoms with Crippen LogP contribution in [0.25, 0.3) is 105 Å². The monoisotopic (exact) mass is 648 g/mol. The van der Waals surface area contributed by atoms with E-state index in [4.69, 9.17) is 15.0 Å². The predicted molar refractivity (Wildman–Crippen MR) is 210 cm³/mol. The molecule has 0 radical (unpaired) electrons. The minimum absolute atomic E-state index is 0.632. The molecule has 0 aliphatic heterocycles. The maximum Gasteiger partial charge on any atom is 0.166 e. The molecule has 10 aromatic rings. The van der Waals surface area contributed by atoms with Crippen molar-refractivity contribution in [2.24, 2.45) is 0 Å². The Labute approximate surface area is 294 Å². The van der Waals surface area contributed by atoms with Crippen molar-refractivity contribution in [2.45, 2.75) is 0 Å². The zero-order valence-electron chi connectivity index (χ0n) is 27.5. The molecule has 0 fully saturated rings. The van der Waals surface area contributed by atoms with Crippen LogP contribution in [0.5, 0.6) is 0 Å². The predicted octanol–water partition coefficient (Wildman–Crippen LogP) is 11.9. The summed E-state index contributed by atoms with van der Waals surface area (Å²) in [5, 5.41) is 7.27. The maximum atomic E-state index is 5.32. The molecule has 1 aliphatic carbocycles. The van der Waals surface area contributed by atoms with Crippen LogP contribution in [0.3, 0.4) is 0 Å². The zero-order chi connectivity index (χ0) is 33.5. The van der Waals surface area contributed by atoms with Crippen molar-refractivity contribution in [3.05, 3.63) is 170 Å². The van der Waals surface area contributed by atoms with Crippen molar-refractivity contribution in [3.63, 3.8) is 0 Å². The fraction of sp³-hybridized carbons (Fsp3) is 0. The van der Waals surface area contributed by atoms with Gasteiger partial charge in [-0.05, 0) is 74.1 Å². The number of benzene rings is 8. The highest BCUT2D eigenvalue weighted by Gasteiger charge is 2.24. The Morgan fingerprint density at radius 1 is 0.333 bits per heavy atom. The Kier molecular flexibility index (Phi) is 5.92. The average molecular weight is 649 g/mol. The van der Waals surface area contributed by atoms with Gasteiger partial charge >= 0.3 is 0 Å². The summed E-state index contributed by atoms with van der Waals surface area (Å²) in [6.07, 6.45) is 0. The lowest BCUT2D eigenvalue weighted by molar-refractivity contribution is 1.07. The van der Waals surface area contributed by atoms with Crippen molar-refractivity contribution >= 4 is 43.4 Å². The second-order valence-electron chi connectivity index (χ2n) is 13.2. The van der Waals surface area contributed by atoms with Gasteiger partial charge < -0.3 is 4.57 Å². The lowest BCUT2D eigenvalue weighted by atomic mass is 10.0. The summed E-state index contributed by atoms with van der Waals surface area (Å²) in [5.74, 6) is 1.92. The quantitative estimate of drug-likeness (QED) is 0.191. The summed E-state index contributed by atoms with van der Waals surface area (Å²) in [4.78, 5) is 15.7. The SMILES string of the molecule is c1ccc(-c2nc(-c3ccc4c(c3)-c3cccc5cccc-4c35)nc(-c3cc4ccccc4cc3-n3c4ccccc4c4ccccc43)n2)cc1. The molecule has 51 heavy (non-hydrogen) atoms. The molecular formula is C47H28N4. The first-order valence-electron chi connectivity index (χ1n) is 17.3. The summed E-state index contributed by atoms with van der Waals surface area (Å²) >= 11 is 0. The molecule has 0 bridgehead atoms. The van der Waals surface area contributed by atoms with Crippen molar-refractivity contribution in [3.8, 4) is 62.1 Å². The Morgan fingerprint density at radius 2 is 0.902 bits per heavy atom. The molecule has 0 saturated carbocycles. The molecule has 0 spiro atoms. The van der Waals surface area contributed by atoms with Gasteiger partial charge in [0.15, 0.2) is 17.5 Å². The topological polar surface area (TPSA) is 43.6 Å². The Bertz CT molecular complexity index is 2970. The van der Waals surface area contributed by atoms with Crippen LogP contribution in [-0.4, -0.2) is 19.5 Å². The molecule has 0 amide bonds. The van der Waals surface area contributed by atoms with E-state index in [9.17, 15) is 0 Å². The number of rotatable bonds is 4. The van der Waals surface area contributed by atoms with Gasteiger partial charge in [0.25, 0.3) is 0 Å². The van der Waals surface area contributed by atoms with Crippen LogP contribution in [0.15, 0.2) is 170 Å². The third-order valence-corrected chi connectivity index (χ3v) is 10.4. The van der Waals surface area contributed by atoms with Gasteiger partial charge in [-0.1, -0.05) is 140 Å². The molecule has 0 unspecified atom stereocenters. The van der Waals surface area contributed by atoms with Crippen LogP contribution >= 0.6 is 0 Å². The largest absolute Gasteiger partial charge is 0.308 e. The van der Waals surface area contributed by atoms with E-state index in [1.807, 2.05) is 18.2 Å². The van der Waals surface area contributed by atoms with Gasteiger partial charge in [-0.25, -0.2) is 15.0 Å². The van der Waals surface area contributed by atoms with Gasteiger partial charge in [-0.3, -0.25) is 0 Å². The molecule has 0 saturated heterocycles. The van der Waals surface area contributed by atoms with Gasteiger partial charge in [0.05, 0.1) is 16.7 Å². The summed E-state index contributed by atoms with van der Waals surface area (Å²) in [7, 11) is 0. The van der Waals surface area contributed by atoms with Crippen molar-refractivity contribution in [1.29, 1.82) is 0 Å². The molecule has 4 heteroatoms. The molecule has 2 aromatic heterocycles. The third kappa shape index (κ3) is 4.23. The minimum atomic E-state index is 0.632. The molecule has 8 aromatic carbocycles. The fourth-order valence-corrected chi connectivity index (χ4v) is 8.05. The van der Waals surface area contributed by atoms with E-state index >= 15 is 0 Å². The smallest absolute Gasteiger partial charge is 0.166 e. The number of hydrogen-bond donors (Lipinski definition) is 0. The van der Waals surface area contributed by atoms with Gasteiger partial charge in [-0.15, -0.1) is 0 Å². The number of hydrogen-bond acceptors (Lipinski definition) is 3. The van der Waals surface area contributed by atoms with Crippen LogP contribution in [0.1, 0.15) is 0 Å². The van der Waals surface area contributed by atoms with E-state index < -0.39 is 0 Å². The maximum absolute atomic E-state index is 5.32. The molecule has 1 aliphatic rings. The molecule has 0 N–H and O–H groups in total. The van der Waals surface area contributed by atoms with Gasteiger partial charge in [0.1, 0.15) is 0 Å². The third-order valence-electron chi connectivity index (χ3n) is 10.4. The molecular weight excluding hydrogens is 621 g/mol. The summed E-state index contributed by atoms with van der Waals surface area (Å²) in [6.45, 7) is 0. The second kappa shape index (κ2) is 10.8. The van der Waals surface area contributed by atoms with Gasteiger partial charge in [-0.2, -0.15) is 0 Å². The van der Waals surface area contributed by atoms with Crippen LogP contribution in [0.2, 0.25) is 0 Å². The lowest BCUT2D eigenvalue weighted by Gasteiger charge is -2.16. The Hall–Kier alpha value is -6.91. The van der Waals surface area contributed by atoms with Gasteiger partial charge in [0, 0.05) is 27.5 Å². The van der Waals surface area contributed by atoms with Crippen molar-refractivity contribution in [1.82, 2.24) is 19.5 Å². The first-order valence-corrected chi connectivity index (χ1v) is 17.3. The zero-order valence-corrected chi connectivity index (χ0v) is 27.5. The van der Waals surface area contributed by atoms with Crippen LogP contribution in [0, 0.1) is 0 Å². The first kappa shape index (κ1) is 28.0. The standard InChI is InChI=1S/C47H28N4/c1-2-12-30(13-3-1)45-48-46(33-24-25-34-37-20-10-16-29-17-11-21-38(44(29)37)39(34)27-33)50-47(49-45)40-26-31-14-4-5-15-32(31)28-43(40)51-41-22-8-6-18-35(41)36-19-7-9-23-42(36)51/h1-28H. The summed E-state index contributed by atoms with van der Waals surface area (Å²) in [5.41, 5.74) is 11.1. The van der Waals surface area contributed by atoms with E-state index in [0.717, 1.165) is 44.2 Å². The first-order chi connectivity index (χ1) is 25.3. The highest BCUT2D eigenvalue weighted by atomic mass is 15.1. The normalized spacial score (nSPS) is 11.9. The van der Waals surface area contributed by atoms with E-state index in [-0.39, 0.29) is 0 Å². The van der Waals surface area contributed by atoms with E-state index in [1.54, 1.807) is 0 Å². The number of fused-ring (bicyclic) bond motifs is 7. The van der Waals surface area contributed by atoms with Crippen molar-refractivity contribution < 1.29 is 0 Å². The van der Waals surface area contributed by atoms with Crippen LogP contribution < -0.4 is 0 Å². The lowest BCUT2D eigenvalue weighted by Crippen LogP contribution is -2.04. The molecule has 11 rings (SSSR count). The van der Waals surface area contributed by atoms with Crippen LogP contribution in [-0.2, 0) is 0 Å². The van der Waals surface area contributed by atoms with E-state index in [2.05, 4.69) is 156 Å². The van der Waals surface area contributed by atoms with Gasteiger partial charge in [0.2, 0.25) is 0 Å². The number of nitrogens with zero attached hydrogens (tertiary/aromatic N) is 4. The number of aromatic nitrogens is 4. The highest BCUT2D eigenvalue weighted by molar-refractivity contribution is 6.15. The summed E-state index contributed by atoms with van der Waals surface area (Å²) in [6, 6.07) is 60.3. The molecule has 0 atom stereocenters. The Balaban J connectivity index is 1.19.